The molecule has 0 radical (unpaired) electrons. The van der Waals surface area contributed by atoms with E-state index in [9.17, 15) is 9.59 Å². The summed E-state index contributed by atoms with van der Waals surface area (Å²) in [6.45, 7) is 2.39. The lowest BCUT2D eigenvalue weighted by atomic mass is 10.1. The fraction of sp³-hybridized carbons (Fsp3) is 0.778. The highest BCUT2D eigenvalue weighted by Crippen LogP contribution is 2.03. The summed E-state index contributed by atoms with van der Waals surface area (Å²) in [6.07, 6.45) is 1.17. The molecule has 0 aliphatic rings. The topological polar surface area (TPSA) is 113 Å². The van der Waals surface area contributed by atoms with Crippen molar-refractivity contribution in [3.63, 3.8) is 0 Å². The van der Waals surface area contributed by atoms with Crippen LogP contribution in [0.2, 0.25) is 0 Å². The van der Waals surface area contributed by atoms with Crippen LogP contribution in [0.4, 0.5) is 0 Å². The maximum atomic E-state index is 10.7. The van der Waals surface area contributed by atoms with E-state index in [1.807, 2.05) is 6.92 Å². The van der Waals surface area contributed by atoms with E-state index in [0.29, 0.717) is 25.8 Å². The van der Waals surface area contributed by atoms with Crippen LogP contribution in [0, 0.1) is 0 Å². The normalized spacial score (nSPS) is 14.5. The molecule has 0 heterocycles. The molecule has 15 heavy (non-hydrogen) atoms. The van der Waals surface area contributed by atoms with E-state index < -0.39 is 24.0 Å². The summed E-state index contributed by atoms with van der Waals surface area (Å²) in [6, 6.07) is -1.52. The molecule has 0 aliphatic heterocycles. The van der Waals surface area contributed by atoms with Crippen molar-refractivity contribution in [3.05, 3.63) is 0 Å². The largest absolute Gasteiger partial charge is 0.480 e. The molecule has 0 aromatic rings. The molecule has 88 valence electrons. The van der Waals surface area contributed by atoms with E-state index in [-0.39, 0.29) is 0 Å². The van der Waals surface area contributed by atoms with Gasteiger partial charge in [0.25, 0.3) is 0 Å². The van der Waals surface area contributed by atoms with Gasteiger partial charge in [0.1, 0.15) is 12.1 Å². The fourth-order valence-corrected chi connectivity index (χ4v) is 1.22. The minimum absolute atomic E-state index is 0.296. The SMILES string of the molecule is CCN[C@@H](CCCC(N)C(=O)O)C(=O)O. The van der Waals surface area contributed by atoms with Crippen molar-refractivity contribution in [3.8, 4) is 0 Å². The van der Waals surface area contributed by atoms with Crippen molar-refractivity contribution >= 4 is 11.9 Å². The van der Waals surface area contributed by atoms with Crippen LogP contribution in [0.5, 0.6) is 0 Å². The molecule has 0 amide bonds. The van der Waals surface area contributed by atoms with Gasteiger partial charge in [-0.1, -0.05) is 6.92 Å². The Kier molecular flexibility index (Phi) is 6.64. The van der Waals surface area contributed by atoms with Gasteiger partial charge in [-0.3, -0.25) is 9.59 Å². The highest BCUT2D eigenvalue weighted by molar-refractivity contribution is 5.74. The van der Waals surface area contributed by atoms with Crippen molar-refractivity contribution in [1.82, 2.24) is 5.32 Å². The fourth-order valence-electron chi connectivity index (χ4n) is 1.22. The Hall–Kier alpha value is -1.14. The summed E-state index contributed by atoms with van der Waals surface area (Å²) in [5.41, 5.74) is 5.29. The van der Waals surface area contributed by atoms with Gasteiger partial charge < -0.3 is 21.3 Å². The van der Waals surface area contributed by atoms with Gasteiger partial charge in [-0.05, 0) is 25.8 Å². The predicted molar refractivity (Wildman–Crippen MR) is 54.6 cm³/mol. The van der Waals surface area contributed by atoms with Crippen LogP contribution in [-0.4, -0.2) is 40.8 Å². The number of rotatable bonds is 8. The van der Waals surface area contributed by atoms with E-state index >= 15 is 0 Å². The van der Waals surface area contributed by atoms with Crippen LogP contribution in [0.3, 0.4) is 0 Å². The predicted octanol–water partition coefficient (Wildman–Crippen LogP) is -0.369. The summed E-state index contributed by atoms with van der Waals surface area (Å²) in [4.78, 5) is 21.1. The van der Waals surface area contributed by atoms with E-state index in [1.165, 1.54) is 0 Å². The number of carbonyl (C=O) groups is 2. The third kappa shape index (κ3) is 6.03. The maximum absolute atomic E-state index is 10.7. The highest BCUT2D eigenvalue weighted by Gasteiger charge is 2.17. The van der Waals surface area contributed by atoms with Crippen molar-refractivity contribution in [2.24, 2.45) is 5.73 Å². The van der Waals surface area contributed by atoms with Gasteiger partial charge in [-0.2, -0.15) is 0 Å². The lowest BCUT2D eigenvalue weighted by molar-refractivity contribution is -0.139. The van der Waals surface area contributed by atoms with Crippen LogP contribution in [0.1, 0.15) is 26.2 Å². The molecule has 0 rings (SSSR count). The smallest absolute Gasteiger partial charge is 0.320 e. The van der Waals surface area contributed by atoms with Gasteiger partial charge in [-0.15, -0.1) is 0 Å². The van der Waals surface area contributed by atoms with Gasteiger partial charge >= 0.3 is 11.9 Å². The van der Waals surface area contributed by atoms with Crippen LogP contribution in [-0.2, 0) is 9.59 Å². The average Bonchev–Trinajstić information content (AvgIpc) is 2.15. The third-order valence-electron chi connectivity index (χ3n) is 2.07. The third-order valence-corrected chi connectivity index (χ3v) is 2.07. The Bertz CT molecular complexity index is 220. The Morgan fingerprint density at radius 1 is 1.27 bits per heavy atom. The minimum Gasteiger partial charge on any atom is -0.480 e. The first-order chi connectivity index (χ1) is 6.99. The van der Waals surface area contributed by atoms with E-state index in [4.69, 9.17) is 15.9 Å². The first-order valence-electron chi connectivity index (χ1n) is 4.93. The van der Waals surface area contributed by atoms with Crippen molar-refractivity contribution < 1.29 is 19.8 Å². The van der Waals surface area contributed by atoms with E-state index in [2.05, 4.69) is 5.32 Å². The summed E-state index contributed by atoms with van der Waals surface area (Å²) in [5.74, 6) is -1.97. The highest BCUT2D eigenvalue weighted by atomic mass is 16.4. The molecule has 0 aromatic carbocycles. The zero-order chi connectivity index (χ0) is 11.8. The molecule has 6 nitrogen and oxygen atoms in total. The maximum Gasteiger partial charge on any atom is 0.320 e. The molecule has 6 heteroatoms. The van der Waals surface area contributed by atoms with Crippen LogP contribution in [0.15, 0.2) is 0 Å². The van der Waals surface area contributed by atoms with E-state index in [0.717, 1.165) is 0 Å². The standard InChI is InChI=1S/C9H18N2O4/c1-2-11-7(9(14)15)5-3-4-6(10)8(12)13/h6-7,11H,2-5,10H2,1H3,(H,12,13)(H,14,15)/t6?,7-/m0/s1. The summed E-state index contributed by atoms with van der Waals surface area (Å²) in [7, 11) is 0. The average molecular weight is 218 g/mol. The molecule has 0 aliphatic carbocycles. The number of nitrogens with two attached hydrogens (primary N) is 1. The number of carboxylic acids is 2. The van der Waals surface area contributed by atoms with Gasteiger partial charge in [0.05, 0.1) is 0 Å². The van der Waals surface area contributed by atoms with Crippen LogP contribution in [0.25, 0.3) is 0 Å². The van der Waals surface area contributed by atoms with Gasteiger partial charge in [0.2, 0.25) is 0 Å². The molecule has 0 spiro atoms. The number of hydrogen-bond donors (Lipinski definition) is 4. The summed E-state index contributed by atoms with van der Waals surface area (Å²) in [5, 5.41) is 20.1. The van der Waals surface area contributed by atoms with Crippen LogP contribution >= 0.6 is 0 Å². The summed E-state index contributed by atoms with van der Waals surface area (Å²) >= 11 is 0. The Balaban J connectivity index is 3.80. The number of nitrogens with one attached hydrogen (secondary N) is 1. The minimum atomic E-state index is -1.05. The van der Waals surface area contributed by atoms with Gasteiger partial charge in [0, 0.05) is 0 Å². The first-order valence-corrected chi connectivity index (χ1v) is 4.93. The molecule has 5 N–H and O–H groups in total. The summed E-state index contributed by atoms with van der Waals surface area (Å²) < 4.78 is 0. The molecule has 1 unspecified atom stereocenters. The molecular formula is C9H18N2O4. The molecule has 0 fully saturated rings. The Morgan fingerprint density at radius 2 is 1.87 bits per heavy atom. The number of carboxylic acid groups (broad SMARTS) is 2. The van der Waals surface area contributed by atoms with Gasteiger partial charge in [0.15, 0.2) is 0 Å². The second-order valence-corrected chi connectivity index (χ2v) is 3.32. The van der Waals surface area contributed by atoms with Gasteiger partial charge in [-0.25, -0.2) is 0 Å². The zero-order valence-corrected chi connectivity index (χ0v) is 8.77. The van der Waals surface area contributed by atoms with Crippen LogP contribution < -0.4 is 11.1 Å². The second-order valence-electron chi connectivity index (χ2n) is 3.32. The molecular weight excluding hydrogens is 200 g/mol. The van der Waals surface area contributed by atoms with Crippen molar-refractivity contribution in [1.29, 1.82) is 0 Å². The number of aliphatic carboxylic acids is 2. The lowest BCUT2D eigenvalue weighted by Gasteiger charge is -2.13. The molecule has 2 atom stereocenters. The lowest BCUT2D eigenvalue weighted by Crippen LogP contribution is -2.37. The molecule has 0 saturated heterocycles. The molecule has 0 saturated carbocycles. The number of likely N-dealkylation sites (N-methyl/N-ethyl adjacent to an activating group) is 1. The second kappa shape index (κ2) is 7.19. The zero-order valence-electron chi connectivity index (χ0n) is 8.77. The Labute approximate surface area is 88.5 Å². The monoisotopic (exact) mass is 218 g/mol. The first kappa shape index (κ1) is 13.9. The molecule has 0 aromatic heterocycles. The quantitative estimate of drug-likeness (QED) is 0.442. The van der Waals surface area contributed by atoms with E-state index in [1.54, 1.807) is 0 Å². The van der Waals surface area contributed by atoms with Crippen molar-refractivity contribution in [2.75, 3.05) is 6.54 Å². The van der Waals surface area contributed by atoms with Crippen molar-refractivity contribution in [2.45, 2.75) is 38.3 Å². The number of hydrogen-bond acceptors (Lipinski definition) is 4. The molecule has 0 bridgehead atoms. The Morgan fingerprint density at radius 3 is 2.27 bits per heavy atom.